The van der Waals surface area contributed by atoms with Crippen LogP contribution in [0.1, 0.15) is 30.8 Å². The van der Waals surface area contributed by atoms with Gasteiger partial charge in [0.25, 0.3) is 0 Å². The number of nitrogens with zero attached hydrogens (tertiary/aromatic N) is 3. The van der Waals surface area contributed by atoms with Crippen LogP contribution in [-0.4, -0.2) is 32.6 Å². The molecule has 0 aliphatic rings. The molecule has 0 aliphatic carbocycles. The number of anilines is 1. The summed E-state index contributed by atoms with van der Waals surface area (Å²) in [6, 6.07) is 3.83. The third-order valence-electron chi connectivity index (χ3n) is 3.42. The molecule has 0 aliphatic heterocycles. The van der Waals surface area contributed by atoms with Gasteiger partial charge < -0.3 is 15.2 Å². The maximum atomic E-state index is 9.07. The molecule has 0 fully saturated rings. The van der Waals surface area contributed by atoms with Crippen LogP contribution < -0.4 is 10.1 Å². The molecule has 6 nitrogen and oxygen atoms in total. The first kappa shape index (κ1) is 16.3. The minimum Gasteiger partial charge on any atom is -0.473 e. The average Bonchev–Trinajstić information content (AvgIpc) is 2.73. The van der Waals surface area contributed by atoms with Crippen molar-refractivity contribution in [2.24, 2.45) is 0 Å². The summed E-state index contributed by atoms with van der Waals surface area (Å²) < 4.78 is 7.54. The van der Waals surface area contributed by atoms with Crippen LogP contribution in [0.15, 0.2) is 18.3 Å². The van der Waals surface area contributed by atoms with Gasteiger partial charge in [0.2, 0.25) is 5.88 Å². The number of hydrogen-bond acceptors (Lipinski definition) is 5. The van der Waals surface area contributed by atoms with E-state index in [9.17, 15) is 0 Å². The molecular weight excluding hydrogens is 280 g/mol. The highest BCUT2D eigenvalue weighted by Crippen LogP contribution is 2.23. The van der Waals surface area contributed by atoms with Gasteiger partial charge in [-0.15, -0.1) is 0 Å². The van der Waals surface area contributed by atoms with Crippen LogP contribution in [0.25, 0.3) is 0 Å². The first-order chi connectivity index (χ1) is 10.5. The van der Waals surface area contributed by atoms with E-state index in [2.05, 4.69) is 15.4 Å². The molecule has 2 aromatic rings. The number of hydrogen-bond donors (Lipinski definition) is 2. The van der Waals surface area contributed by atoms with Crippen molar-refractivity contribution in [1.82, 2.24) is 14.8 Å². The number of ether oxygens (including phenoxy) is 1. The Morgan fingerprint density at radius 2 is 2.14 bits per heavy atom. The quantitative estimate of drug-likeness (QED) is 0.821. The molecule has 2 rings (SSSR count). The van der Waals surface area contributed by atoms with Crippen molar-refractivity contribution in [2.75, 3.05) is 11.9 Å². The maximum Gasteiger partial charge on any atom is 0.237 e. The lowest BCUT2D eigenvalue weighted by atomic mass is 10.2. The van der Waals surface area contributed by atoms with Gasteiger partial charge in [0.1, 0.15) is 0 Å². The summed E-state index contributed by atoms with van der Waals surface area (Å²) in [5, 5.41) is 16.9. The van der Waals surface area contributed by atoms with Crippen LogP contribution in [-0.2, 0) is 13.1 Å². The lowest BCUT2D eigenvalue weighted by Gasteiger charge is -2.14. The zero-order valence-electron chi connectivity index (χ0n) is 13.6. The van der Waals surface area contributed by atoms with Crippen molar-refractivity contribution in [2.45, 2.75) is 46.9 Å². The highest BCUT2D eigenvalue weighted by molar-refractivity contribution is 5.52. The normalized spacial score (nSPS) is 11.0. The van der Waals surface area contributed by atoms with Gasteiger partial charge in [-0.25, -0.2) is 4.98 Å². The van der Waals surface area contributed by atoms with Crippen molar-refractivity contribution in [3.05, 3.63) is 35.3 Å². The predicted molar refractivity (Wildman–Crippen MR) is 86.1 cm³/mol. The summed E-state index contributed by atoms with van der Waals surface area (Å²) in [4.78, 5) is 4.27. The van der Waals surface area contributed by atoms with E-state index in [1.165, 1.54) is 0 Å². The van der Waals surface area contributed by atoms with Crippen LogP contribution >= 0.6 is 0 Å². The van der Waals surface area contributed by atoms with E-state index >= 15 is 0 Å². The molecule has 0 unspecified atom stereocenters. The molecule has 0 amide bonds. The predicted octanol–water partition coefficient (Wildman–Crippen LogP) is 2.29. The van der Waals surface area contributed by atoms with Crippen molar-refractivity contribution in [3.63, 3.8) is 0 Å². The average molecular weight is 304 g/mol. The molecule has 0 aromatic carbocycles. The van der Waals surface area contributed by atoms with Gasteiger partial charge in [0.15, 0.2) is 0 Å². The number of aliphatic hydroxyl groups is 1. The number of aromatic nitrogens is 3. The van der Waals surface area contributed by atoms with Gasteiger partial charge >= 0.3 is 0 Å². The fourth-order valence-electron chi connectivity index (χ4n) is 2.33. The molecule has 2 N–H and O–H groups in total. The number of aryl methyl sites for hydroxylation is 1. The van der Waals surface area contributed by atoms with Gasteiger partial charge in [-0.1, -0.05) is 0 Å². The Morgan fingerprint density at radius 1 is 1.36 bits per heavy atom. The highest BCUT2D eigenvalue weighted by Gasteiger charge is 2.12. The molecule has 0 saturated heterocycles. The van der Waals surface area contributed by atoms with Crippen molar-refractivity contribution in [1.29, 1.82) is 0 Å². The SMILES string of the molecule is Cc1nn(CCO)c(C)c1CNc1cccnc1OC(C)C. The zero-order valence-corrected chi connectivity index (χ0v) is 13.6. The van der Waals surface area contributed by atoms with Crippen LogP contribution in [0.2, 0.25) is 0 Å². The lowest BCUT2D eigenvalue weighted by molar-refractivity contribution is 0.234. The summed E-state index contributed by atoms with van der Waals surface area (Å²) in [5.41, 5.74) is 4.03. The largest absolute Gasteiger partial charge is 0.473 e. The highest BCUT2D eigenvalue weighted by atomic mass is 16.5. The first-order valence-electron chi connectivity index (χ1n) is 7.52. The van der Waals surface area contributed by atoms with Gasteiger partial charge in [-0.3, -0.25) is 4.68 Å². The number of nitrogens with one attached hydrogen (secondary N) is 1. The zero-order chi connectivity index (χ0) is 16.1. The summed E-state index contributed by atoms with van der Waals surface area (Å²) >= 11 is 0. The van der Waals surface area contributed by atoms with Crippen molar-refractivity contribution < 1.29 is 9.84 Å². The van der Waals surface area contributed by atoms with E-state index in [-0.39, 0.29) is 12.7 Å². The van der Waals surface area contributed by atoms with E-state index in [0.29, 0.717) is 19.0 Å². The molecule has 2 aromatic heterocycles. The Hall–Kier alpha value is -2.08. The van der Waals surface area contributed by atoms with Gasteiger partial charge in [0.05, 0.1) is 30.6 Å². The van der Waals surface area contributed by atoms with Crippen LogP contribution in [0.3, 0.4) is 0 Å². The second kappa shape index (κ2) is 7.26. The van der Waals surface area contributed by atoms with E-state index in [1.54, 1.807) is 6.20 Å². The smallest absolute Gasteiger partial charge is 0.237 e. The Labute approximate surface area is 131 Å². The van der Waals surface area contributed by atoms with E-state index < -0.39 is 0 Å². The summed E-state index contributed by atoms with van der Waals surface area (Å²) in [7, 11) is 0. The van der Waals surface area contributed by atoms with Gasteiger partial charge in [-0.2, -0.15) is 5.10 Å². The molecule has 2 heterocycles. The van der Waals surface area contributed by atoms with Gasteiger partial charge in [0, 0.05) is 24.0 Å². The van der Waals surface area contributed by atoms with E-state index in [0.717, 1.165) is 22.6 Å². The number of pyridine rings is 1. The molecule has 0 radical (unpaired) electrons. The molecule has 0 atom stereocenters. The maximum absolute atomic E-state index is 9.07. The minimum absolute atomic E-state index is 0.0752. The van der Waals surface area contributed by atoms with Crippen molar-refractivity contribution >= 4 is 5.69 Å². The first-order valence-corrected chi connectivity index (χ1v) is 7.52. The summed E-state index contributed by atoms with van der Waals surface area (Å²) in [6.07, 6.45) is 1.80. The standard InChI is InChI=1S/C16H24N4O2/c1-11(2)22-16-15(6-5-7-17-16)18-10-14-12(3)19-20(8-9-21)13(14)4/h5-7,11,18,21H,8-10H2,1-4H3. The third-order valence-corrected chi connectivity index (χ3v) is 3.42. The fourth-order valence-corrected chi connectivity index (χ4v) is 2.33. The van der Waals surface area contributed by atoms with Gasteiger partial charge in [-0.05, 0) is 39.8 Å². The van der Waals surface area contributed by atoms with Crippen molar-refractivity contribution in [3.8, 4) is 5.88 Å². The number of aliphatic hydroxyl groups excluding tert-OH is 1. The topological polar surface area (TPSA) is 72.2 Å². The molecule has 0 bridgehead atoms. The Balaban J connectivity index is 2.14. The Morgan fingerprint density at radius 3 is 2.82 bits per heavy atom. The molecule has 120 valence electrons. The fraction of sp³-hybridized carbons (Fsp3) is 0.500. The van der Waals surface area contributed by atoms with Crippen LogP contribution in [0.5, 0.6) is 5.88 Å². The summed E-state index contributed by atoms with van der Waals surface area (Å²) in [6.45, 7) is 9.19. The van der Waals surface area contributed by atoms with Crippen LogP contribution in [0, 0.1) is 13.8 Å². The lowest BCUT2D eigenvalue weighted by Crippen LogP contribution is -2.10. The molecule has 0 saturated carbocycles. The number of rotatable bonds is 7. The second-order valence-electron chi connectivity index (χ2n) is 5.47. The Kier molecular flexibility index (Phi) is 5.38. The van der Waals surface area contributed by atoms with E-state index in [1.807, 2.05) is 44.5 Å². The third kappa shape index (κ3) is 3.76. The second-order valence-corrected chi connectivity index (χ2v) is 5.47. The molecule has 22 heavy (non-hydrogen) atoms. The van der Waals surface area contributed by atoms with E-state index in [4.69, 9.17) is 9.84 Å². The monoisotopic (exact) mass is 304 g/mol. The molecule has 0 spiro atoms. The molecule has 6 heteroatoms. The Bertz CT molecular complexity index is 623. The van der Waals surface area contributed by atoms with Crippen LogP contribution in [0.4, 0.5) is 5.69 Å². The minimum atomic E-state index is 0.0752. The summed E-state index contributed by atoms with van der Waals surface area (Å²) in [5.74, 6) is 0.607. The molecular formula is C16H24N4O2.